The smallest absolute Gasteiger partial charge is 0.304 e. The molecular formula is C22H27BrN6O7. The lowest BCUT2D eigenvalue weighted by Gasteiger charge is -2.25. The highest BCUT2D eigenvalue weighted by atomic mass is 79.9. The minimum Gasteiger partial charge on any atom is -0.489 e. The van der Waals surface area contributed by atoms with Crippen LogP contribution in [0, 0.1) is 20.2 Å². The van der Waals surface area contributed by atoms with Crippen LogP contribution in [0.15, 0.2) is 39.0 Å². The number of nitrogens with zero attached hydrogens (tertiary/aromatic N) is 5. The molecule has 0 radical (unpaired) electrons. The number of methoxy groups -OCH3 is 1. The fraction of sp³-hybridized carbons (Fsp3) is 0.409. The second-order valence-electron chi connectivity index (χ2n) is 7.26. The van der Waals surface area contributed by atoms with E-state index in [4.69, 9.17) is 9.47 Å². The molecule has 2 rings (SSSR count). The summed E-state index contributed by atoms with van der Waals surface area (Å²) in [6, 6.07) is 5.19. The van der Waals surface area contributed by atoms with E-state index in [0.29, 0.717) is 36.8 Å². The average Bonchev–Trinajstić information content (AvgIpc) is 2.84. The maximum atomic E-state index is 12.2. The number of azo groups is 1. The lowest BCUT2D eigenvalue weighted by Crippen LogP contribution is -2.23. The first-order chi connectivity index (χ1) is 17.2. The van der Waals surface area contributed by atoms with Gasteiger partial charge >= 0.3 is 5.69 Å². The normalized spacial score (nSPS) is 10.9. The van der Waals surface area contributed by atoms with E-state index in [0.717, 1.165) is 12.1 Å². The number of benzene rings is 2. The molecule has 0 saturated carbocycles. The van der Waals surface area contributed by atoms with E-state index in [1.807, 2.05) is 18.7 Å². The zero-order valence-electron chi connectivity index (χ0n) is 20.3. The molecule has 14 heteroatoms. The van der Waals surface area contributed by atoms with Crippen molar-refractivity contribution in [2.24, 2.45) is 10.2 Å². The molecule has 36 heavy (non-hydrogen) atoms. The zero-order valence-corrected chi connectivity index (χ0v) is 21.9. The van der Waals surface area contributed by atoms with Crippen molar-refractivity contribution in [3.63, 3.8) is 0 Å². The largest absolute Gasteiger partial charge is 0.489 e. The van der Waals surface area contributed by atoms with Crippen LogP contribution < -0.4 is 15.0 Å². The van der Waals surface area contributed by atoms with Gasteiger partial charge in [0.15, 0.2) is 5.69 Å². The molecule has 0 unspecified atom stereocenters. The third-order valence-electron chi connectivity index (χ3n) is 5.01. The van der Waals surface area contributed by atoms with Crippen LogP contribution in [0.3, 0.4) is 0 Å². The zero-order chi connectivity index (χ0) is 26.8. The fourth-order valence-electron chi connectivity index (χ4n) is 3.16. The van der Waals surface area contributed by atoms with Crippen LogP contribution in [0.4, 0.5) is 34.1 Å². The van der Waals surface area contributed by atoms with E-state index in [-0.39, 0.29) is 34.8 Å². The number of ether oxygens (including phenoxy) is 2. The highest BCUT2D eigenvalue weighted by molar-refractivity contribution is 9.10. The Morgan fingerprint density at radius 2 is 1.75 bits per heavy atom. The van der Waals surface area contributed by atoms with Crippen LogP contribution in [0.2, 0.25) is 0 Å². The number of rotatable bonds is 13. The lowest BCUT2D eigenvalue weighted by atomic mass is 10.2. The maximum absolute atomic E-state index is 12.2. The van der Waals surface area contributed by atoms with Gasteiger partial charge in [0.05, 0.1) is 38.4 Å². The standard InChI is InChI=1S/C22H27BrN6O7/c1-5-21(30)24-16-12-18(27(6-2)7-3)20(36-9-8-35-4)13-17(16)25-26-22-15(23)10-14(28(31)32)11-19(22)29(33)34/h10-13H,5-9H2,1-4H3,(H,24,30). The summed E-state index contributed by atoms with van der Waals surface area (Å²) in [5.74, 6) is 0.184. The third-order valence-corrected chi connectivity index (χ3v) is 5.62. The van der Waals surface area contributed by atoms with E-state index in [2.05, 4.69) is 31.5 Å². The predicted molar refractivity (Wildman–Crippen MR) is 138 cm³/mol. The van der Waals surface area contributed by atoms with Crippen molar-refractivity contribution in [2.45, 2.75) is 27.2 Å². The molecule has 2 aromatic rings. The highest BCUT2D eigenvalue weighted by Crippen LogP contribution is 2.43. The van der Waals surface area contributed by atoms with Crippen LogP contribution in [-0.4, -0.2) is 49.2 Å². The maximum Gasteiger partial charge on any atom is 0.304 e. The van der Waals surface area contributed by atoms with Gasteiger partial charge in [0.1, 0.15) is 18.0 Å². The number of halogens is 1. The molecule has 0 aliphatic heterocycles. The second kappa shape index (κ2) is 13.4. The summed E-state index contributed by atoms with van der Waals surface area (Å²) in [6.45, 7) is 7.58. The molecule has 0 saturated heterocycles. The Hall–Kier alpha value is -3.65. The number of non-ortho nitro benzene ring substituents is 1. The number of hydrogen-bond donors (Lipinski definition) is 1. The summed E-state index contributed by atoms with van der Waals surface area (Å²) >= 11 is 3.11. The Morgan fingerprint density at radius 1 is 1.06 bits per heavy atom. The molecule has 0 bridgehead atoms. The molecule has 0 fully saturated rings. The summed E-state index contributed by atoms with van der Waals surface area (Å²) < 4.78 is 11.0. The number of carbonyl (C=O) groups excluding carboxylic acids is 1. The minimum atomic E-state index is -0.783. The number of amides is 1. The van der Waals surface area contributed by atoms with Crippen molar-refractivity contribution in [1.82, 2.24) is 0 Å². The molecule has 2 aromatic carbocycles. The summed E-state index contributed by atoms with van der Waals surface area (Å²) in [7, 11) is 1.55. The summed E-state index contributed by atoms with van der Waals surface area (Å²) in [5.41, 5.74) is -0.0694. The van der Waals surface area contributed by atoms with Gasteiger partial charge in [0.2, 0.25) is 5.91 Å². The number of hydrogen-bond acceptors (Lipinski definition) is 10. The Balaban J connectivity index is 2.69. The fourth-order valence-corrected chi connectivity index (χ4v) is 3.68. The molecule has 1 N–H and O–H groups in total. The van der Waals surface area contributed by atoms with E-state index in [1.54, 1.807) is 26.2 Å². The van der Waals surface area contributed by atoms with Gasteiger partial charge in [-0.1, -0.05) is 6.92 Å². The van der Waals surface area contributed by atoms with Gasteiger partial charge in [0.25, 0.3) is 5.69 Å². The number of nitrogens with one attached hydrogen (secondary N) is 1. The van der Waals surface area contributed by atoms with E-state index in [9.17, 15) is 25.0 Å². The van der Waals surface area contributed by atoms with E-state index < -0.39 is 21.2 Å². The van der Waals surface area contributed by atoms with Gasteiger partial charge < -0.3 is 19.7 Å². The van der Waals surface area contributed by atoms with Crippen molar-refractivity contribution < 1.29 is 24.1 Å². The quantitative estimate of drug-likeness (QED) is 0.135. The molecule has 0 atom stereocenters. The molecule has 194 valence electrons. The van der Waals surface area contributed by atoms with Crippen molar-refractivity contribution in [1.29, 1.82) is 0 Å². The SMILES string of the molecule is CCC(=O)Nc1cc(N(CC)CC)c(OCCOC)cc1N=Nc1c(Br)cc([N+](=O)[O-])cc1[N+](=O)[O-]. The van der Waals surface area contributed by atoms with Crippen molar-refractivity contribution in [3.05, 3.63) is 49.0 Å². The van der Waals surface area contributed by atoms with Crippen LogP contribution in [0.1, 0.15) is 27.2 Å². The molecule has 0 aromatic heterocycles. The molecular weight excluding hydrogens is 540 g/mol. The topological polar surface area (TPSA) is 162 Å². The monoisotopic (exact) mass is 566 g/mol. The van der Waals surface area contributed by atoms with Crippen molar-refractivity contribution in [3.8, 4) is 5.75 Å². The average molecular weight is 567 g/mol. The molecule has 0 heterocycles. The van der Waals surface area contributed by atoms with Crippen LogP contribution in [0.25, 0.3) is 0 Å². The second-order valence-corrected chi connectivity index (χ2v) is 8.12. The lowest BCUT2D eigenvalue weighted by molar-refractivity contribution is -0.393. The van der Waals surface area contributed by atoms with Gasteiger partial charge in [-0.15, -0.1) is 10.2 Å². The Kier molecular flexibility index (Phi) is 10.7. The molecule has 0 aliphatic carbocycles. The number of anilines is 2. The Bertz CT molecular complexity index is 1150. The third kappa shape index (κ3) is 7.18. The van der Waals surface area contributed by atoms with Gasteiger partial charge in [-0.3, -0.25) is 25.0 Å². The number of carbonyl (C=O) groups is 1. The molecule has 1 amide bonds. The Morgan fingerprint density at radius 3 is 2.31 bits per heavy atom. The van der Waals surface area contributed by atoms with Crippen LogP contribution in [0.5, 0.6) is 5.75 Å². The van der Waals surface area contributed by atoms with Gasteiger partial charge in [-0.05, 0) is 35.8 Å². The molecule has 0 spiro atoms. The van der Waals surface area contributed by atoms with E-state index >= 15 is 0 Å². The summed E-state index contributed by atoms with van der Waals surface area (Å²) in [4.78, 5) is 35.4. The first kappa shape index (κ1) is 28.6. The van der Waals surface area contributed by atoms with Crippen LogP contribution >= 0.6 is 15.9 Å². The van der Waals surface area contributed by atoms with Crippen LogP contribution in [-0.2, 0) is 9.53 Å². The van der Waals surface area contributed by atoms with Gasteiger partial charge in [-0.25, -0.2) is 0 Å². The highest BCUT2D eigenvalue weighted by Gasteiger charge is 2.24. The first-order valence-corrected chi connectivity index (χ1v) is 11.8. The summed E-state index contributed by atoms with van der Waals surface area (Å²) in [5, 5.41) is 33.6. The van der Waals surface area contributed by atoms with Crippen molar-refractivity contribution >= 4 is 56.0 Å². The number of nitro groups is 2. The number of nitro benzene ring substituents is 2. The molecule has 0 aliphatic rings. The summed E-state index contributed by atoms with van der Waals surface area (Å²) in [6.07, 6.45) is 0.211. The minimum absolute atomic E-state index is 0.0163. The first-order valence-electron chi connectivity index (χ1n) is 11.0. The molecule has 13 nitrogen and oxygen atoms in total. The van der Waals surface area contributed by atoms with Crippen molar-refractivity contribution in [2.75, 3.05) is 43.6 Å². The Labute approximate surface area is 215 Å². The van der Waals surface area contributed by atoms with Gasteiger partial charge in [-0.2, -0.15) is 0 Å². The van der Waals surface area contributed by atoms with E-state index in [1.165, 1.54) is 0 Å². The predicted octanol–water partition coefficient (Wildman–Crippen LogP) is 5.90. The van der Waals surface area contributed by atoms with Gasteiger partial charge in [0, 0.05) is 38.8 Å².